The SMILES string of the molecule is O=C(CC1CCC1)Nc1c(Cl)ncnc1Cl. The molecule has 1 aromatic rings. The lowest BCUT2D eigenvalue weighted by Gasteiger charge is -2.24. The number of hydrogen-bond donors (Lipinski definition) is 1. The number of hydrogen-bond acceptors (Lipinski definition) is 3. The molecule has 1 aliphatic carbocycles. The van der Waals surface area contributed by atoms with E-state index in [9.17, 15) is 4.79 Å². The molecule has 4 nitrogen and oxygen atoms in total. The molecule has 1 heterocycles. The van der Waals surface area contributed by atoms with E-state index in [1.807, 2.05) is 0 Å². The third-order valence-corrected chi connectivity index (χ3v) is 3.29. The van der Waals surface area contributed by atoms with Crippen molar-refractivity contribution in [2.24, 2.45) is 5.92 Å². The van der Waals surface area contributed by atoms with Crippen LogP contribution in [0, 0.1) is 5.92 Å². The molecular weight excluding hydrogens is 249 g/mol. The standard InChI is InChI=1S/C10H11Cl2N3O/c11-9-8(10(12)14-5-13-9)15-7(16)4-6-2-1-3-6/h5-6H,1-4H2,(H,15,16). The number of anilines is 1. The molecule has 1 amide bonds. The van der Waals surface area contributed by atoms with Crippen molar-refractivity contribution in [3.63, 3.8) is 0 Å². The predicted octanol–water partition coefficient (Wildman–Crippen LogP) is 2.91. The van der Waals surface area contributed by atoms with Crippen LogP contribution >= 0.6 is 23.2 Å². The van der Waals surface area contributed by atoms with E-state index in [1.54, 1.807) is 0 Å². The zero-order valence-corrected chi connectivity index (χ0v) is 10.1. The molecule has 1 saturated carbocycles. The van der Waals surface area contributed by atoms with Crippen LogP contribution in [-0.4, -0.2) is 15.9 Å². The summed E-state index contributed by atoms with van der Waals surface area (Å²) >= 11 is 11.6. The van der Waals surface area contributed by atoms with E-state index < -0.39 is 0 Å². The number of halogens is 2. The molecule has 0 atom stereocenters. The monoisotopic (exact) mass is 259 g/mol. The van der Waals surface area contributed by atoms with Crippen molar-refractivity contribution in [3.8, 4) is 0 Å². The first-order valence-electron chi connectivity index (χ1n) is 5.12. The average Bonchev–Trinajstić information content (AvgIpc) is 2.18. The minimum atomic E-state index is -0.0803. The van der Waals surface area contributed by atoms with Crippen LogP contribution in [0.5, 0.6) is 0 Å². The Morgan fingerprint density at radius 2 is 2.00 bits per heavy atom. The van der Waals surface area contributed by atoms with Crippen molar-refractivity contribution in [3.05, 3.63) is 16.6 Å². The first kappa shape index (κ1) is 11.6. The first-order valence-corrected chi connectivity index (χ1v) is 5.88. The van der Waals surface area contributed by atoms with Gasteiger partial charge in [-0.2, -0.15) is 0 Å². The second-order valence-electron chi connectivity index (χ2n) is 3.88. The molecule has 1 aromatic heterocycles. The molecule has 16 heavy (non-hydrogen) atoms. The lowest BCUT2D eigenvalue weighted by molar-refractivity contribution is -0.117. The van der Waals surface area contributed by atoms with E-state index >= 15 is 0 Å². The molecule has 6 heteroatoms. The summed E-state index contributed by atoms with van der Waals surface area (Å²) in [7, 11) is 0. The maximum atomic E-state index is 11.6. The highest BCUT2D eigenvalue weighted by molar-refractivity contribution is 6.38. The van der Waals surface area contributed by atoms with Gasteiger partial charge in [0.05, 0.1) is 0 Å². The zero-order valence-electron chi connectivity index (χ0n) is 8.54. The molecule has 0 aliphatic heterocycles. The highest BCUT2D eigenvalue weighted by Crippen LogP contribution is 2.31. The van der Waals surface area contributed by atoms with Crippen molar-refractivity contribution < 1.29 is 4.79 Å². The molecule has 0 spiro atoms. The van der Waals surface area contributed by atoms with Crippen molar-refractivity contribution in [2.75, 3.05) is 5.32 Å². The summed E-state index contributed by atoms with van der Waals surface area (Å²) in [6, 6.07) is 0. The summed E-state index contributed by atoms with van der Waals surface area (Å²) in [6.07, 6.45) is 5.24. The Morgan fingerprint density at radius 3 is 2.50 bits per heavy atom. The summed E-state index contributed by atoms with van der Waals surface area (Å²) in [5, 5.41) is 2.99. The van der Waals surface area contributed by atoms with Crippen molar-refractivity contribution in [2.45, 2.75) is 25.7 Å². The van der Waals surface area contributed by atoms with Gasteiger partial charge >= 0.3 is 0 Å². The third kappa shape index (κ3) is 2.62. The van der Waals surface area contributed by atoms with E-state index in [-0.39, 0.29) is 16.2 Å². The Bertz CT molecular complexity index is 387. The Kier molecular flexibility index (Phi) is 3.61. The molecule has 2 rings (SSSR count). The van der Waals surface area contributed by atoms with Crippen LogP contribution in [0.25, 0.3) is 0 Å². The van der Waals surface area contributed by atoms with E-state index in [4.69, 9.17) is 23.2 Å². The second kappa shape index (κ2) is 4.97. The minimum Gasteiger partial charge on any atom is -0.321 e. The van der Waals surface area contributed by atoms with Gasteiger partial charge in [0.15, 0.2) is 10.3 Å². The Labute approximate surface area is 103 Å². The molecule has 1 aliphatic rings. The van der Waals surface area contributed by atoms with Crippen LogP contribution in [-0.2, 0) is 4.79 Å². The smallest absolute Gasteiger partial charge is 0.224 e. The summed E-state index contributed by atoms with van der Waals surface area (Å²) in [5.74, 6) is 0.422. The molecule has 0 bridgehead atoms. The number of carbonyl (C=O) groups is 1. The van der Waals surface area contributed by atoms with E-state index in [0.29, 0.717) is 18.0 Å². The summed E-state index contributed by atoms with van der Waals surface area (Å²) in [5.41, 5.74) is 0.301. The number of amides is 1. The molecule has 0 aromatic carbocycles. The van der Waals surface area contributed by atoms with Crippen LogP contribution in [0.1, 0.15) is 25.7 Å². The van der Waals surface area contributed by atoms with Crippen LogP contribution < -0.4 is 5.32 Å². The highest BCUT2D eigenvalue weighted by Gasteiger charge is 2.21. The van der Waals surface area contributed by atoms with E-state index in [2.05, 4.69) is 15.3 Å². The molecule has 0 saturated heterocycles. The van der Waals surface area contributed by atoms with Crippen LogP contribution in [0.2, 0.25) is 10.3 Å². The van der Waals surface area contributed by atoms with Crippen LogP contribution in [0.15, 0.2) is 6.33 Å². The van der Waals surface area contributed by atoms with Gasteiger partial charge < -0.3 is 5.32 Å². The first-order chi connectivity index (χ1) is 7.66. The van der Waals surface area contributed by atoms with Gasteiger partial charge in [-0.1, -0.05) is 29.6 Å². The van der Waals surface area contributed by atoms with Gasteiger partial charge in [0, 0.05) is 6.42 Å². The molecular formula is C10H11Cl2N3O. The van der Waals surface area contributed by atoms with Gasteiger partial charge in [0.1, 0.15) is 12.0 Å². The molecule has 0 radical (unpaired) electrons. The topological polar surface area (TPSA) is 54.9 Å². The number of nitrogens with zero attached hydrogens (tertiary/aromatic N) is 2. The number of carbonyl (C=O) groups excluding carboxylic acids is 1. The van der Waals surface area contributed by atoms with Gasteiger partial charge in [-0.3, -0.25) is 4.79 Å². The van der Waals surface area contributed by atoms with Crippen molar-refractivity contribution >= 4 is 34.8 Å². The normalized spacial score (nSPS) is 15.6. The maximum Gasteiger partial charge on any atom is 0.224 e. The summed E-state index contributed by atoms with van der Waals surface area (Å²) in [6.45, 7) is 0. The van der Waals surface area contributed by atoms with Crippen molar-refractivity contribution in [1.82, 2.24) is 9.97 Å². The summed E-state index contributed by atoms with van der Waals surface area (Å²) < 4.78 is 0. The fourth-order valence-corrected chi connectivity index (χ4v) is 2.01. The van der Waals surface area contributed by atoms with E-state index in [0.717, 1.165) is 12.8 Å². The quantitative estimate of drug-likeness (QED) is 0.850. The molecule has 1 N–H and O–H groups in total. The Morgan fingerprint density at radius 1 is 1.38 bits per heavy atom. The number of rotatable bonds is 3. The fourth-order valence-electron chi connectivity index (χ4n) is 1.60. The Balaban J connectivity index is 1.99. The lowest BCUT2D eigenvalue weighted by atomic mass is 9.83. The number of nitrogens with one attached hydrogen (secondary N) is 1. The van der Waals surface area contributed by atoms with Gasteiger partial charge in [-0.25, -0.2) is 9.97 Å². The van der Waals surface area contributed by atoms with E-state index in [1.165, 1.54) is 12.7 Å². The van der Waals surface area contributed by atoms with Gasteiger partial charge in [-0.05, 0) is 18.8 Å². The molecule has 1 fully saturated rings. The highest BCUT2D eigenvalue weighted by atomic mass is 35.5. The zero-order chi connectivity index (χ0) is 11.5. The maximum absolute atomic E-state index is 11.6. The average molecular weight is 260 g/mol. The Hall–Kier alpha value is -0.870. The van der Waals surface area contributed by atoms with Gasteiger partial charge in [0.25, 0.3) is 0 Å². The summed E-state index contributed by atoms with van der Waals surface area (Å²) in [4.78, 5) is 19.2. The van der Waals surface area contributed by atoms with Gasteiger partial charge in [0.2, 0.25) is 5.91 Å². The lowest BCUT2D eigenvalue weighted by Crippen LogP contribution is -2.21. The largest absolute Gasteiger partial charge is 0.321 e. The third-order valence-electron chi connectivity index (χ3n) is 2.72. The number of aromatic nitrogens is 2. The van der Waals surface area contributed by atoms with Crippen LogP contribution in [0.3, 0.4) is 0 Å². The predicted molar refractivity (Wildman–Crippen MR) is 62.6 cm³/mol. The van der Waals surface area contributed by atoms with Gasteiger partial charge in [-0.15, -0.1) is 0 Å². The van der Waals surface area contributed by atoms with Crippen LogP contribution in [0.4, 0.5) is 5.69 Å². The second-order valence-corrected chi connectivity index (χ2v) is 4.60. The molecule has 0 unspecified atom stereocenters. The molecule has 86 valence electrons. The van der Waals surface area contributed by atoms with Crippen molar-refractivity contribution in [1.29, 1.82) is 0 Å². The fraction of sp³-hybridized carbons (Fsp3) is 0.500. The minimum absolute atomic E-state index is 0.0803.